The van der Waals surface area contributed by atoms with Crippen LogP contribution in [0.15, 0.2) is 48.9 Å². The number of anilines is 3. The Hall–Kier alpha value is -4.38. The quantitative estimate of drug-likeness (QED) is 0.472. The van der Waals surface area contributed by atoms with Gasteiger partial charge in [0.25, 0.3) is 0 Å². The fraction of sp³-hybridized carbons (Fsp3) is 0.167. The number of hydrogen-bond donors (Lipinski definition) is 2. The summed E-state index contributed by atoms with van der Waals surface area (Å²) in [4.78, 5) is 18.0. The first-order chi connectivity index (χ1) is 15.7. The maximum atomic E-state index is 5.87. The Morgan fingerprint density at radius 1 is 1.03 bits per heavy atom. The molecule has 0 atom stereocenters. The first-order valence-electron chi connectivity index (χ1n) is 10.1. The van der Waals surface area contributed by atoms with Gasteiger partial charge in [-0.25, -0.2) is 15.0 Å². The summed E-state index contributed by atoms with van der Waals surface area (Å²) >= 11 is 0. The summed E-state index contributed by atoms with van der Waals surface area (Å²) in [6.45, 7) is 0.438. The van der Waals surface area contributed by atoms with Crippen molar-refractivity contribution in [1.29, 1.82) is 0 Å². The molecule has 4 aromatic rings. The summed E-state index contributed by atoms with van der Waals surface area (Å²) in [6, 6.07) is 9.45. The number of ether oxygens (including phenoxy) is 2. The van der Waals surface area contributed by atoms with Gasteiger partial charge in [0.05, 0.1) is 25.5 Å². The predicted octanol–water partition coefficient (Wildman–Crippen LogP) is 3.55. The van der Waals surface area contributed by atoms with Crippen molar-refractivity contribution < 1.29 is 9.47 Å². The van der Waals surface area contributed by atoms with Crippen molar-refractivity contribution in [3.8, 4) is 23.5 Å². The van der Waals surface area contributed by atoms with Gasteiger partial charge in [-0.05, 0) is 24.1 Å². The van der Waals surface area contributed by atoms with E-state index in [0.717, 1.165) is 27.7 Å². The summed E-state index contributed by atoms with van der Waals surface area (Å²) in [5.74, 6) is 9.63. The highest BCUT2D eigenvalue weighted by Gasteiger charge is 2.10. The highest BCUT2D eigenvalue weighted by molar-refractivity contribution is 5.96. The predicted molar refractivity (Wildman–Crippen MR) is 123 cm³/mol. The second-order valence-electron chi connectivity index (χ2n) is 7.10. The van der Waals surface area contributed by atoms with Gasteiger partial charge < -0.3 is 20.1 Å². The first-order valence-corrected chi connectivity index (χ1v) is 10.1. The minimum Gasteiger partial charge on any atom is -0.495 e. The third-order valence-electron chi connectivity index (χ3n) is 5.10. The van der Waals surface area contributed by atoms with Crippen LogP contribution in [-0.4, -0.2) is 40.7 Å². The van der Waals surface area contributed by atoms with Gasteiger partial charge in [0.1, 0.15) is 28.9 Å². The zero-order chi connectivity index (χ0) is 21.9. The Morgan fingerprint density at radius 2 is 1.97 bits per heavy atom. The molecule has 0 unspecified atom stereocenters. The van der Waals surface area contributed by atoms with Crippen molar-refractivity contribution in [2.45, 2.75) is 6.42 Å². The highest BCUT2D eigenvalue weighted by Crippen LogP contribution is 2.27. The van der Waals surface area contributed by atoms with Gasteiger partial charge in [-0.3, -0.25) is 0 Å². The lowest BCUT2D eigenvalue weighted by Crippen LogP contribution is -2.06. The van der Waals surface area contributed by atoms with E-state index in [4.69, 9.17) is 9.47 Å². The monoisotopic (exact) mass is 424 g/mol. The molecule has 32 heavy (non-hydrogen) atoms. The summed E-state index contributed by atoms with van der Waals surface area (Å²) in [6.07, 6.45) is 5.84. The Kier molecular flexibility index (Phi) is 5.14. The van der Waals surface area contributed by atoms with Crippen molar-refractivity contribution in [1.82, 2.24) is 19.9 Å². The molecule has 158 valence electrons. The van der Waals surface area contributed by atoms with Crippen LogP contribution in [0, 0.1) is 11.8 Å². The molecule has 2 N–H and O–H groups in total. The van der Waals surface area contributed by atoms with Gasteiger partial charge in [-0.2, -0.15) is 4.98 Å². The number of fused-ring (bicyclic) bond motifs is 5. The maximum Gasteiger partial charge on any atom is 0.215 e. The average molecular weight is 424 g/mol. The number of pyridine rings is 4. The Labute approximate surface area is 185 Å². The van der Waals surface area contributed by atoms with Crippen molar-refractivity contribution in [2.75, 3.05) is 31.4 Å². The lowest BCUT2D eigenvalue weighted by Gasteiger charge is -2.12. The van der Waals surface area contributed by atoms with Crippen LogP contribution in [0.25, 0.3) is 10.8 Å². The van der Waals surface area contributed by atoms with Crippen molar-refractivity contribution in [3.05, 3.63) is 65.7 Å². The summed E-state index contributed by atoms with van der Waals surface area (Å²) in [5.41, 5.74) is 2.39. The minimum absolute atomic E-state index is 0.438. The number of aromatic nitrogens is 4. The second-order valence-corrected chi connectivity index (χ2v) is 7.10. The molecule has 1 aliphatic rings. The Morgan fingerprint density at radius 3 is 2.84 bits per heavy atom. The molecule has 4 aromatic heterocycles. The molecule has 0 amide bonds. The zero-order valence-electron chi connectivity index (χ0n) is 17.6. The molecule has 0 saturated carbocycles. The van der Waals surface area contributed by atoms with Crippen molar-refractivity contribution in [2.24, 2.45) is 0 Å². The van der Waals surface area contributed by atoms with Gasteiger partial charge in [-0.15, -0.1) is 0 Å². The van der Waals surface area contributed by atoms with Gasteiger partial charge in [-0.1, -0.05) is 12.0 Å². The molecule has 0 aliphatic carbocycles. The lowest BCUT2D eigenvalue weighted by molar-refractivity contribution is 0.307. The zero-order valence-corrected chi connectivity index (χ0v) is 17.6. The van der Waals surface area contributed by atoms with E-state index >= 15 is 0 Å². The number of methoxy groups -OCH3 is 1. The third kappa shape index (κ3) is 3.84. The van der Waals surface area contributed by atoms with Gasteiger partial charge in [0.15, 0.2) is 0 Å². The third-order valence-corrected chi connectivity index (χ3v) is 5.10. The van der Waals surface area contributed by atoms with E-state index in [2.05, 4.69) is 42.4 Å². The summed E-state index contributed by atoms with van der Waals surface area (Å²) in [7, 11) is 3.46. The van der Waals surface area contributed by atoms with Gasteiger partial charge >= 0.3 is 0 Å². The topological polar surface area (TPSA) is 94.1 Å². The molecule has 8 heteroatoms. The molecule has 0 aromatic carbocycles. The molecule has 0 radical (unpaired) electrons. The van der Waals surface area contributed by atoms with Crippen LogP contribution < -0.4 is 20.1 Å². The van der Waals surface area contributed by atoms with Crippen LogP contribution in [0.4, 0.5) is 17.5 Å². The van der Waals surface area contributed by atoms with Gasteiger partial charge in [0, 0.05) is 48.3 Å². The average Bonchev–Trinajstić information content (AvgIpc) is 2.82. The molecule has 6 bridgehead atoms. The summed E-state index contributed by atoms with van der Waals surface area (Å²) in [5, 5.41) is 8.15. The molecule has 0 saturated heterocycles. The van der Waals surface area contributed by atoms with E-state index in [9.17, 15) is 0 Å². The van der Waals surface area contributed by atoms with E-state index in [1.165, 1.54) is 0 Å². The smallest absolute Gasteiger partial charge is 0.215 e. The Bertz CT molecular complexity index is 1380. The Balaban J connectivity index is 1.70. The number of hydrogen-bond acceptors (Lipinski definition) is 8. The SMILES string of the molecule is CNc1ncc2c3cc(ncc13)Nc1cccc(n1)OCCc1cc(ncc1OC)C#C2. The van der Waals surface area contributed by atoms with E-state index in [1.807, 2.05) is 37.4 Å². The normalized spacial score (nSPS) is 12.3. The van der Waals surface area contributed by atoms with Crippen LogP contribution in [-0.2, 0) is 6.42 Å². The molecule has 5 heterocycles. The van der Waals surface area contributed by atoms with E-state index in [1.54, 1.807) is 25.7 Å². The maximum absolute atomic E-state index is 5.87. The largest absolute Gasteiger partial charge is 0.495 e. The van der Waals surface area contributed by atoms with E-state index in [0.29, 0.717) is 42.0 Å². The van der Waals surface area contributed by atoms with Crippen molar-refractivity contribution >= 4 is 28.2 Å². The molecular formula is C24H20N6O2. The van der Waals surface area contributed by atoms with Crippen LogP contribution in [0.1, 0.15) is 16.8 Å². The first kappa shape index (κ1) is 19.6. The van der Waals surface area contributed by atoms with E-state index in [-0.39, 0.29) is 0 Å². The van der Waals surface area contributed by atoms with E-state index < -0.39 is 0 Å². The molecule has 0 spiro atoms. The second kappa shape index (κ2) is 8.40. The van der Waals surface area contributed by atoms with Crippen molar-refractivity contribution in [3.63, 3.8) is 0 Å². The molecule has 0 fully saturated rings. The van der Waals surface area contributed by atoms with Crippen LogP contribution in [0.5, 0.6) is 11.6 Å². The fourth-order valence-electron chi connectivity index (χ4n) is 3.53. The highest BCUT2D eigenvalue weighted by atomic mass is 16.5. The van der Waals surface area contributed by atoms with Gasteiger partial charge in [0.2, 0.25) is 5.88 Å². The number of nitrogens with zero attached hydrogens (tertiary/aromatic N) is 4. The van der Waals surface area contributed by atoms with Crippen LogP contribution in [0.3, 0.4) is 0 Å². The fourth-order valence-corrected chi connectivity index (χ4v) is 3.53. The number of rotatable bonds is 2. The van der Waals surface area contributed by atoms with Crippen LogP contribution in [0.2, 0.25) is 0 Å². The molecule has 8 nitrogen and oxygen atoms in total. The summed E-state index contributed by atoms with van der Waals surface area (Å²) < 4.78 is 11.3. The lowest BCUT2D eigenvalue weighted by atomic mass is 10.1. The van der Waals surface area contributed by atoms with Crippen LogP contribution >= 0.6 is 0 Å². The standard InChI is InChI=1S/C24H20N6O2/c1-25-24-19-13-27-22-11-18(19)16(12-28-24)6-7-17-10-15(20(31-2)14-26-17)8-9-32-23-5-3-4-21(29-22)30-23/h3-5,10-14H,8-9H2,1-2H3,(H,25,28)(H,27,29,30). The molecule has 1 aliphatic heterocycles. The minimum atomic E-state index is 0.438. The number of nitrogens with one attached hydrogen (secondary N) is 2. The molecule has 5 rings (SSSR count). The molecular weight excluding hydrogens is 404 g/mol.